The summed E-state index contributed by atoms with van der Waals surface area (Å²) in [6, 6.07) is 16.9. The fourth-order valence-corrected chi connectivity index (χ4v) is 2.73. The number of pyridine rings is 1. The number of benzene rings is 2. The van der Waals surface area contributed by atoms with Crippen molar-refractivity contribution in [1.82, 2.24) is 10.3 Å². The Morgan fingerprint density at radius 1 is 1.04 bits per heavy atom. The number of nitrogens with one attached hydrogen (secondary N) is 2. The Balaban J connectivity index is 1.65. The molecule has 0 atom stereocenters. The first-order chi connectivity index (χ1) is 13.6. The van der Waals surface area contributed by atoms with Crippen molar-refractivity contribution in [2.24, 2.45) is 0 Å². The van der Waals surface area contributed by atoms with E-state index in [2.05, 4.69) is 15.6 Å². The molecule has 0 bridgehead atoms. The highest BCUT2D eigenvalue weighted by atomic mass is 16.5. The molecular formula is C22H23N3O3. The van der Waals surface area contributed by atoms with Gasteiger partial charge in [0.15, 0.2) is 0 Å². The van der Waals surface area contributed by atoms with E-state index in [9.17, 15) is 4.79 Å². The summed E-state index contributed by atoms with van der Waals surface area (Å²) < 4.78 is 10.6. The second kappa shape index (κ2) is 8.90. The van der Waals surface area contributed by atoms with Gasteiger partial charge in [-0.15, -0.1) is 0 Å². The van der Waals surface area contributed by atoms with Gasteiger partial charge in [-0.05, 0) is 42.3 Å². The molecule has 1 heterocycles. The molecule has 1 amide bonds. The van der Waals surface area contributed by atoms with Crippen LogP contribution in [0.1, 0.15) is 21.6 Å². The standard InChI is InChI=1S/C22H23N3O3/c1-15-6-4-5-7-16(15)13-24-22(26)20-10-8-17(14-23-20)25-19-11-9-18(27-2)12-21(19)28-3/h4-12,14,25H,13H2,1-3H3,(H,24,26). The van der Waals surface area contributed by atoms with Gasteiger partial charge >= 0.3 is 0 Å². The van der Waals surface area contributed by atoms with Crippen molar-refractivity contribution < 1.29 is 14.3 Å². The molecule has 0 saturated heterocycles. The Hall–Kier alpha value is -3.54. The summed E-state index contributed by atoms with van der Waals surface area (Å²) >= 11 is 0. The van der Waals surface area contributed by atoms with Crippen LogP contribution in [-0.4, -0.2) is 25.1 Å². The molecule has 0 aliphatic heterocycles. The quantitative estimate of drug-likeness (QED) is 0.649. The lowest BCUT2D eigenvalue weighted by Crippen LogP contribution is -2.24. The van der Waals surface area contributed by atoms with Gasteiger partial charge in [0.05, 0.1) is 31.8 Å². The molecule has 6 nitrogen and oxygen atoms in total. The summed E-state index contributed by atoms with van der Waals surface area (Å²) in [5.41, 5.74) is 4.12. The average molecular weight is 377 g/mol. The Bertz CT molecular complexity index is 955. The van der Waals surface area contributed by atoms with Crippen LogP contribution in [-0.2, 0) is 6.54 Å². The number of nitrogens with zero attached hydrogens (tertiary/aromatic N) is 1. The first-order valence-corrected chi connectivity index (χ1v) is 8.88. The van der Waals surface area contributed by atoms with E-state index in [4.69, 9.17) is 9.47 Å². The van der Waals surface area contributed by atoms with Crippen LogP contribution in [0.25, 0.3) is 0 Å². The first-order valence-electron chi connectivity index (χ1n) is 8.88. The molecule has 3 aromatic rings. The topological polar surface area (TPSA) is 72.5 Å². The fourth-order valence-electron chi connectivity index (χ4n) is 2.73. The van der Waals surface area contributed by atoms with Crippen molar-refractivity contribution in [2.75, 3.05) is 19.5 Å². The monoisotopic (exact) mass is 377 g/mol. The molecule has 1 aromatic heterocycles. The lowest BCUT2D eigenvalue weighted by Gasteiger charge is -2.12. The summed E-state index contributed by atoms with van der Waals surface area (Å²) in [5.74, 6) is 1.15. The Kier molecular flexibility index (Phi) is 6.11. The van der Waals surface area contributed by atoms with Crippen molar-refractivity contribution in [1.29, 1.82) is 0 Å². The molecule has 0 aliphatic rings. The van der Waals surface area contributed by atoms with Crippen molar-refractivity contribution in [3.05, 3.63) is 77.6 Å². The molecule has 0 aliphatic carbocycles. The average Bonchev–Trinajstić information content (AvgIpc) is 2.73. The van der Waals surface area contributed by atoms with Crippen LogP contribution in [0.4, 0.5) is 11.4 Å². The van der Waals surface area contributed by atoms with Gasteiger partial charge in [-0.25, -0.2) is 4.98 Å². The molecule has 0 unspecified atom stereocenters. The highest BCUT2D eigenvalue weighted by Gasteiger charge is 2.09. The Morgan fingerprint density at radius 3 is 2.54 bits per heavy atom. The predicted octanol–water partition coefficient (Wildman–Crippen LogP) is 4.08. The molecule has 0 spiro atoms. The maximum absolute atomic E-state index is 12.3. The number of rotatable bonds is 7. The second-order valence-electron chi connectivity index (χ2n) is 6.23. The molecule has 28 heavy (non-hydrogen) atoms. The number of carbonyl (C=O) groups excluding carboxylic acids is 1. The normalized spacial score (nSPS) is 10.2. The van der Waals surface area contributed by atoms with Crippen LogP contribution in [0.15, 0.2) is 60.8 Å². The molecule has 0 fully saturated rings. The zero-order chi connectivity index (χ0) is 19.9. The van der Waals surface area contributed by atoms with E-state index in [1.165, 1.54) is 0 Å². The number of hydrogen-bond donors (Lipinski definition) is 2. The summed E-state index contributed by atoms with van der Waals surface area (Å²) in [4.78, 5) is 16.6. The number of aryl methyl sites for hydroxylation is 1. The largest absolute Gasteiger partial charge is 0.497 e. The maximum Gasteiger partial charge on any atom is 0.270 e. The van der Waals surface area contributed by atoms with Gasteiger partial charge in [-0.2, -0.15) is 0 Å². The number of hydrogen-bond acceptors (Lipinski definition) is 5. The van der Waals surface area contributed by atoms with Gasteiger partial charge in [0.25, 0.3) is 5.91 Å². The van der Waals surface area contributed by atoms with Crippen LogP contribution >= 0.6 is 0 Å². The van der Waals surface area contributed by atoms with Gasteiger partial charge in [0.2, 0.25) is 0 Å². The van der Waals surface area contributed by atoms with Crippen LogP contribution < -0.4 is 20.1 Å². The van der Waals surface area contributed by atoms with Crippen LogP contribution in [0.5, 0.6) is 11.5 Å². The van der Waals surface area contributed by atoms with E-state index >= 15 is 0 Å². The fraction of sp³-hybridized carbons (Fsp3) is 0.182. The molecule has 3 rings (SSSR count). The smallest absolute Gasteiger partial charge is 0.270 e. The highest BCUT2D eigenvalue weighted by Crippen LogP contribution is 2.31. The zero-order valence-corrected chi connectivity index (χ0v) is 16.2. The molecule has 0 saturated carbocycles. The van der Waals surface area contributed by atoms with E-state index in [0.717, 1.165) is 22.5 Å². The second-order valence-corrected chi connectivity index (χ2v) is 6.23. The third-order valence-electron chi connectivity index (χ3n) is 4.38. The Labute approximate surface area is 164 Å². The number of amides is 1. The number of anilines is 2. The number of carbonyl (C=O) groups is 1. The third-order valence-corrected chi connectivity index (χ3v) is 4.38. The summed E-state index contributed by atoms with van der Waals surface area (Å²) in [7, 11) is 3.20. The van der Waals surface area contributed by atoms with Gasteiger partial charge in [0, 0.05) is 12.6 Å². The minimum atomic E-state index is -0.211. The molecule has 144 valence electrons. The lowest BCUT2D eigenvalue weighted by atomic mass is 10.1. The van der Waals surface area contributed by atoms with E-state index < -0.39 is 0 Å². The van der Waals surface area contributed by atoms with E-state index in [-0.39, 0.29) is 5.91 Å². The van der Waals surface area contributed by atoms with Gasteiger partial charge in [-0.1, -0.05) is 24.3 Å². The van der Waals surface area contributed by atoms with Crippen molar-refractivity contribution in [2.45, 2.75) is 13.5 Å². The SMILES string of the molecule is COc1ccc(Nc2ccc(C(=O)NCc3ccccc3C)nc2)c(OC)c1. The number of methoxy groups -OCH3 is 2. The first kappa shape index (κ1) is 19.2. The van der Waals surface area contributed by atoms with E-state index in [0.29, 0.717) is 23.7 Å². The van der Waals surface area contributed by atoms with E-state index in [1.807, 2.05) is 43.3 Å². The minimum absolute atomic E-state index is 0.211. The molecule has 6 heteroatoms. The van der Waals surface area contributed by atoms with Crippen molar-refractivity contribution in [3.8, 4) is 11.5 Å². The van der Waals surface area contributed by atoms with Crippen molar-refractivity contribution in [3.63, 3.8) is 0 Å². The number of ether oxygens (including phenoxy) is 2. The van der Waals surface area contributed by atoms with E-state index in [1.54, 1.807) is 38.6 Å². The van der Waals surface area contributed by atoms with Crippen LogP contribution in [0, 0.1) is 6.92 Å². The van der Waals surface area contributed by atoms with Gasteiger partial charge in [0.1, 0.15) is 17.2 Å². The molecule has 2 N–H and O–H groups in total. The zero-order valence-electron chi connectivity index (χ0n) is 16.2. The predicted molar refractivity (Wildman–Crippen MR) is 109 cm³/mol. The minimum Gasteiger partial charge on any atom is -0.497 e. The highest BCUT2D eigenvalue weighted by molar-refractivity contribution is 5.92. The number of aromatic nitrogens is 1. The third kappa shape index (κ3) is 4.59. The molecular weight excluding hydrogens is 354 g/mol. The molecule has 2 aromatic carbocycles. The lowest BCUT2D eigenvalue weighted by molar-refractivity contribution is 0.0946. The molecule has 0 radical (unpaired) electrons. The van der Waals surface area contributed by atoms with Crippen molar-refractivity contribution >= 4 is 17.3 Å². The van der Waals surface area contributed by atoms with Gasteiger partial charge < -0.3 is 20.1 Å². The summed E-state index contributed by atoms with van der Waals surface area (Å²) in [6.45, 7) is 2.49. The van der Waals surface area contributed by atoms with Gasteiger partial charge in [-0.3, -0.25) is 4.79 Å². The summed E-state index contributed by atoms with van der Waals surface area (Å²) in [5, 5.41) is 6.13. The summed E-state index contributed by atoms with van der Waals surface area (Å²) in [6.07, 6.45) is 1.62. The Morgan fingerprint density at radius 2 is 1.86 bits per heavy atom. The maximum atomic E-state index is 12.3. The van der Waals surface area contributed by atoms with Crippen LogP contribution in [0.3, 0.4) is 0 Å². The van der Waals surface area contributed by atoms with Crippen LogP contribution in [0.2, 0.25) is 0 Å².